The fourth-order valence-corrected chi connectivity index (χ4v) is 1.98. The van der Waals surface area contributed by atoms with E-state index in [1.54, 1.807) is 6.07 Å². The van der Waals surface area contributed by atoms with Crippen molar-refractivity contribution in [3.8, 4) is 11.8 Å². The van der Waals surface area contributed by atoms with E-state index in [4.69, 9.17) is 21.6 Å². The summed E-state index contributed by atoms with van der Waals surface area (Å²) in [5.74, 6) is -12.4. The first-order valence-electron chi connectivity index (χ1n) is 6.17. The van der Waals surface area contributed by atoms with Crippen LogP contribution in [0.2, 0.25) is 5.02 Å². The zero-order valence-corrected chi connectivity index (χ0v) is 12.2. The number of ether oxygens (including phenoxy) is 1. The molecule has 0 aliphatic rings. The summed E-state index contributed by atoms with van der Waals surface area (Å²) in [6.07, 6.45) is -1.21. The molecule has 0 amide bonds. The molecule has 0 bridgehead atoms. The third-order valence-electron chi connectivity index (χ3n) is 2.91. The normalized spacial score (nSPS) is 10.4. The predicted octanol–water partition coefficient (Wildman–Crippen LogP) is 4.06. The summed E-state index contributed by atoms with van der Waals surface area (Å²) in [7, 11) is 0. The number of rotatable bonds is 3. The second kappa shape index (κ2) is 6.84. The number of benzene rings is 2. The van der Waals surface area contributed by atoms with Crippen LogP contribution in [0, 0.1) is 40.4 Å². The lowest BCUT2D eigenvalue weighted by Crippen LogP contribution is -2.16. The summed E-state index contributed by atoms with van der Waals surface area (Å²) in [6.45, 7) is 0. The van der Waals surface area contributed by atoms with Gasteiger partial charge >= 0.3 is 5.97 Å². The molecular formula is C15H5ClF5NO2. The topological polar surface area (TPSA) is 50.1 Å². The summed E-state index contributed by atoms with van der Waals surface area (Å²) in [5, 5.41) is 8.52. The van der Waals surface area contributed by atoms with Gasteiger partial charge in [-0.2, -0.15) is 5.26 Å². The van der Waals surface area contributed by atoms with Gasteiger partial charge in [0.2, 0.25) is 5.82 Å². The van der Waals surface area contributed by atoms with Gasteiger partial charge in [0, 0.05) is 5.56 Å². The maximum atomic E-state index is 13.5. The van der Waals surface area contributed by atoms with E-state index < -0.39 is 47.0 Å². The van der Waals surface area contributed by atoms with Gasteiger partial charge in [0.05, 0.1) is 23.1 Å². The Balaban J connectivity index is 2.27. The molecule has 0 saturated carbocycles. The summed E-state index contributed by atoms with van der Waals surface area (Å²) in [4.78, 5) is 11.7. The second-order valence-electron chi connectivity index (χ2n) is 4.46. The van der Waals surface area contributed by atoms with Crippen LogP contribution in [0.3, 0.4) is 0 Å². The summed E-state index contributed by atoms with van der Waals surface area (Å²) in [6, 6.07) is 5.35. The first kappa shape index (κ1) is 17.7. The van der Waals surface area contributed by atoms with Crippen LogP contribution in [0.5, 0.6) is 5.75 Å². The molecule has 9 heteroatoms. The largest absolute Gasteiger partial charge is 0.425 e. The van der Waals surface area contributed by atoms with Crippen LogP contribution >= 0.6 is 11.6 Å². The third kappa shape index (κ3) is 3.31. The Bertz CT molecular complexity index is 850. The maximum Gasteiger partial charge on any atom is 0.315 e. The fourth-order valence-electron chi connectivity index (χ4n) is 1.76. The van der Waals surface area contributed by atoms with Crippen molar-refractivity contribution in [3.63, 3.8) is 0 Å². The summed E-state index contributed by atoms with van der Waals surface area (Å²) < 4.78 is 70.7. The molecular weight excluding hydrogens is 357 g/mol. The van der Waals surface area contributed by atoms with Crippen LogP contribution in [0.4, 0.5) is 22.0 Å². The molecule has 0 aromatic heterocycles. The van der Waals surface area contributed by atoms with Gasteiger partial charge in [-0.25, -0.2) is 22.0 Å². The van der Waals surface area contributed by atoms with E-state index in [9.17, 15) is 26.7 Å². The molecule has 0 N–H and O–H groups in total. The highest BCUT2D eigenvalue weighted by Crippen LogP contribution is 2.27. The van der Waals surface area contributed by atoms with Crippen molar-refractivity contribution in [1.82, 2.24) is 0 Å². The van der Waals surface area contributed by atoms with Gasteiger partial charge in [-0.05, 0) is 18.2 Å². The number of carbonyl (C=O) groups is 1. The Kier molecular flexibility index (Phi) is 5.04. The van der Waals surface area contributed by atoms with Crippen LogP contribution in [0.15, 0.2) is 18.2 Å². The van der Waals surface area contributed by atoms with Gasteiger partial charge in [0.15, 0.2) is 23.3 Å². The molecule has 0 aliphatic heterocycles. The second-order valence-corrected chi connectivity index (χ2v) is 4.86. The van der Waals surface area contributed by atoms with E-state index in [0.29, 0.717) is 0 Å². The van der Waals surface area contributed by atoms with Crippen LogP contribution < -0.4 is 4.74 Å². The van der Waals surface area contributed by atoms with Crippen LogP contribution in [0.25, 0.3) is 0 Å². The van der Waals surface area contributed by atoms with Gasteiger partial charge in [-0.3, -0.25) is 4.79 Å². The lowest BCUT2D eigenvalue weighted by atomic mass is 10.1. The molecule has 124 valence electrons. The molecule has 0 radical (unpaired) electrons. The molecule has 24 heavy (non-hydrogen) atoms. The molecule has 0 atom stereocenters. The molecule has 2 rings (SSSR count). The van der Waals surface area contributed by atoms with E-state index in [1.165, 1.54) is 12.1 Å². The SMILES string of the molecule is N#Cc1ccc(OC(=O)Cc2c(F)c(F)c(F)c(F)c2F)c(Cl)c1. The fraction of sp³-hybridized carbons (Fsp3) is 0.0667. The average molecular weight is 362 g/mol. The van der Waals surface area contributed by atoms with E-state index in [0.717, 1.165) is 6.07 Å². The Hall–Kier alpha value is -2.66. The quantitative estimate of drug-likeness (QED) is 0.272. The number of esters is 1. The molecule has 0 saturated heterocycles. The minimum absolute atomic E-state index is 0.139. The Morgan fingerprint density at radius 2 is 1.58 bits per heavy atom. The van der Waals surface area contributed by atoms with Crippen molar-refractivity contribution in [2.24, 2.45) is 0 Å². The molecule has 3 nitrogen and oxygen atoms in total. The van der Waals surface area contributed by atoms with Crippen molar-refractivity contribution in [3.05, 3.63) is 63.4 Å². The zero-order chi connectivity index (χ0) is 18.0. The predicted molar refractivity (Wildman–Crippen MR) is 71.7 cm³/mol. The monoisotopic (exact) mass is 361 g/mol. The summed E-state index contributed by atoms with van der Waals surface area (Å²) >= 11 is 5.74. The van der Waals surface area contributed by atoms with Gasteiger partial charge in [-0.1, -0.05) is 11.6 Å². The zero-order valence-electron chi connectivity index (χ0n) is 11.5. The third-order valence-corrected chi connectivity index (χ3v) is 3.20. The average Bonchev–Trinajstić information content (AvgIpc) is 2.57. The highest BCUT2D eigenvalue weighted by molar-refractivity contribution is 6.32. The molecule has 2 aromatic rings. The van der Waals surface area contributed by atoms with E-state index in [-0.39, 0.29) is 16.3 Å². The number of hydrogen-bond donors (Lipinski definition) is 0. The lowest BCUT2D eigenvalue weighted by molar-refractivity contribution is -0.133. The molecule has 0 spiro atoms. The molecule has 0 fully saturated rings. The molecule has 0 heterocycles. The first-order chi connectivity index (χ1) is 11.3. The highest BCUT2D eigenvalue weighted by atomic mass is 35.5. The summed E-state index contributed by atoms with van der Waals surface area (Å²) in [5.41, 5.74) is -1.15. The van der Waals surface area contributed by atoms with E-state index in [1.807, 2.05) is 0 Å². The Labute approximate surface area is 136 Å². The number of carbonyl (C=O) groups excluding carboxylic acids is 1. The molecule has 2 aromatic carbocycles. The van der Waals surface area contributed by atoms with Crippen molar-refractivity contribution in [2.75, 3.05) is 0 Å². The van der Waals surface area contributed by atoms with Crippen molar-refractivity contribution < 1.29 is 31.5 Å². The van der Waals surface area contributed by atoms with Gasteiger partial charge < -0.3 is 4.74 Å². The number of nitriles is 1. The highest BCUT2D eigenvalue weighted by Gasteiger charge is 2.27. The van der Waals surface area contributed by atoms with Crippen LogP contribution in [-0.2, 0) is 11.2 Å². The lowest BCUT2D eigenvalue weighted by Gasteiger charge is -2.09. The minimum atomic E-state index is -2.32. The molecule has 0 unspecified atom stereocenters. The Morgan fingerprint density at radius 1 is 1.04 bits per heavy atom. The number of halogens is 6. The van der Waals surface area contributed by atoms with Crippen LogP contribution in [-0.4, -0.2) is 5.97 Å². The van der Waals surface area contributed by atoms with E-state index in [2.05, 4.69) is 0 Å². The van der Waals surface area contributed by atoms with Crippen molar-refractivity contribution in [1.29, 1.82) is 5.26 Å². The number of hydrogen-bond acceptors (Lipinski definition) is 3. The van der Waals surface area contributed by atoms with Crippen molar-refractivity contribution >= 4 is 17.6 Å². The maximum absolute atomic E-state index is 13.5. The van der Waals surface area contributed by atoms with Gasteiger partial charge in [0.25, 0.3) is 0 Å². The number of nitrogens with zero attached hydrogens (tertiary/aromatic N) is 1. The van der Waals surface area contributed by atoms with Gasteiger partial charge in [0.1, 0.15) is 5.75 Å². The smallest absolute Gasteiger partial charge is 0.315 e. The standard InChI is InChI=1S/C15H5ClF5NO2/c16-8-3-6(5-22)1-2-9(8)24-10(23)4-7-11(17)13(19)15(21)14(20)12(7)18/h1-3H,4H2. The van der Waals surface area contributed by atoms with Crippen molar-refractivity contribution in [2.45, 2.75) is 6.42 Å². The first-order valence-corrected chi connectivity index (χ1v) is 6.54. The van der Waals surface area contributed by atoms with Gasteiger partial charge in [-0.15, -0.1) is 0 Å². The molecule has 0 aliphatic carbocycles. The van der Waals surface area contributed by atoms with Crippen LogP contribution in [0.1, 0.15) is 11.1 Å². The Morgan fingerprint density at radius 3 is 2.08 bits per heavy atom. The van der Waals surface area contributed by atoms with E-state index >= 15 is 0 Å². The minimum Gasteiger partial charge on any atom is -0.425 e.